The fourth-order valence-corrected chi connectivity index (χ4v) is 9.30. The van der Waals surface area contributed by atoms with E-state index in [1.807, 2.05) is 4.72 Å². The third-order valence-electron chi connectivity index (χ3n) is 12.4. The normalized spacial score (nSPS) is 26.4. The lowest BCUT2D eigenvalue weighted by molar-refractivity contribution is -0.143. The largest absolute Gasteiger partial charge is 0.497 e. The maximum absolute atomic E-state index is 15.1. The monoisotopic (exact) mass is 856 g/mol. The summed E-state index contributed by atoms with van der Waals surface area (Å²) in [5.74, 6) is -8.41. The molecule has 2 aromatic rings. The number of hydrogen-bond acceptors (Lipinski definition) is 10. The molecule has 3 aliphatic carbocycles. The van der Waals surface area contributed by atoms with E-state index in [2.05, 4.69) is 20.6 Å². The number of nitrogens with zero attached hydrogens (tertiary/aromatic N) is 2. The van der Waals surface area contributed by atoms with Crippen molar-refractivity contribution in [2.75, 3.05) is 13.7 Å². The van der Waals surface area contributed by atoms with Crippen LogP contribution in [0.15, 0.2) is 23.0 Å². The summed E-state index contributed by atoms with van der Waals surface area (Å²) >= 11 is 0. The molecule has 1 aliphatic heterocycles. The van der Waals surface area contributed by atoms with Crippen LogP contribution < -0.4 is 25.7 Å². The maximum atomic E-state index is 15.1. The van der Waals surface area contributed by atoms with Crippen LogP contribution in [0.2, 0.25) is 0 Å². The van der Waals surface area contributed by atoms with Gasteiger partial charge in [0, 0.05) is 19.0 Å². The Balaban J connectivity index is 1.01. The summed E-state index contributed by atoms with van der Waals surface area (Å²) in [6.45, 7) is 6.68. The van der Waals surface area contributed by atoms with Crippen LogP contribution in [0.3, 0.4) is 0 Å². The van der Waals surface area contributed by atoms with Crippen molar-refractivity contribution in [1.82, 2.24) is 30.2 Å². The van der Waals surface area contributed by atoms with E-state index >= 15 is 8.78 Å². The number of nitrogens with one attached hydrogen (secondary N) is 4. The number of fused-ring (bicyclic) bond motifs is 1. The molecule has 0 radical (unpaired) electrons. The van der Waals surface area contributed by atoms with E-state index in [4.69, 9.17) is 9.47 Å². The number of H-pyrrole nitrogens is 1. The van der Waals surface area contributed by atoms with Crippen molar-refractivity contribution in [3.63, 3.8) is 0 Å². The van der Waals surface area contributed by atoms with Gasteiger partial charge in [-0.25, -0.2) is 27.0 Å². The van der Waals surface area contributed by atoms with Crippen LogP contribution in [0.25, 0.3) is 11.0 Å². The molecule has 326 valence electrons. The Hall–Kier alpha value is -4.49. The number of rotatable bonds is 18. The average Bonchev–Trinajstić information content (AvgIpc) is 4.13. The molecule has 4 fully saturated rings. The van der Waals surface area contributed by atoms with Crippen molar-refractivity contribution in [3.8, 4) is 5.75 Å². The van der Waals surface area contributed by atoms with Gasteiger partial charge in [-0.3, -0.25) is 23.9 Å². The SMILES string of the molecule is CC[C@@H]1CCN(C(=O)[C@@H](NC(=O)OC2C[C@H]2CCCCC(F)(F)c2nc3ccc(OC)cc3[nH]c2=O)C(C)C)[C@@H]1C(=O)N[C@]1(C(=O)NS(=O)(=O)C2(C)CC2)C[C@H]1C(F)F. The van der Waals surface area contributed by atoms with Gasteiger partial charge in [-0.1, -0.05) is 33.6 Å². The van der Waals surface area contributed by atoms with Crippen LogP contribution in [0.1, 0.15) is 97.6 Å². The van der Waals surface area contributed by atoms with Gasteiger partial charge in [-0.15, -0.1) is 0 Å². The van der Waals surface area contributed by atoms with E-state index in [-0.39, 0.29) is 29.9 Å². The van der Waals surface area contributed by atoms with Gasteiger partial charge >= 0.3 is 6.09 Å². The molecule has 15 nitrogen and oxygen atoms in total. The third-order valence-corrected chi connectivity index (χ3v) is 14.5. The summed E-state index contributed by atoms with van der Waals surface area (Å²) in [6, 6.07) is 2.18. The second-order valence-corrected chi connectivity index (χ2v) is 19.2. The number of carbonyl (C=O) groups is 4. The maximum Gasteiger partial charge on any atom is 0.408 e. The van der Waals surface area contributed by atoms with Gasteiger partial charge in [-0.05, 0) is 81.8 Å². The first kappa shape index (κ1) is 44.1. The molecular weight excluding hydrogens is 805 g/mol. The van der Waals surface area contributed by atoms with Gasteiger partial charge in [0.2, 0.25) is 28.3 Å². The summed E-state index contributed by atoms with van der Waals surface area (Å²) in [5, 5.41) is 5.01. The second kappa shape index (κ2) is 16.5. The smallest absolute Gasteiger partial charge is 0.408 e. The molecule has 1 unspecified atom stereocenters. The van der Waals surface area contributed by atoms with E-state index in [0.29, 0.717) is 50.7 Å². The Bertz CT molecular complexity index is 2130. The molecule has 1 saturated heterocycles. The van der Waals surface area contributed by atoms with Crippen LogP contribution >= 0.6 is 0 Å². The number of aromatic amines is 1. The molecule has 6 rings (SSSR count). The van der Waals surface area contributed by atoms with Crippen LogP contribution in [0, 0.1) is 23.7 Å². The molecule has 4 amide bonds. The third kappa shape index (κ3) is 9.16. The Morgan fingerprint density at radius 1 is 1.12 bits per heavy atom. The van der Waals surface area contributed by atoms with Gasteiger partial charge < -0.3 is 30.0 Å². The first-order chi connectivity index (χ1) is 27.7. The number of amides is 4. The van der Waals surface area contributed by atoms with Crippen molar-refractivity contribution in [2.24, 2.45) is 23.7 Å². The number of alkyl carbamates (subject to hydrolysis) is 1. The first-order valence-corrected chi connectivity index (χ1v) is 21.6. The molecule has 2 heterocycles. The van der Waals surface area contributed by atoms with Crippen molar-refractivity contribution in [3.05, 3.63) is 34.2 Å². The zero-order valence-electron chi connectivity index (χ0n) is 33.6. The molecule has 0 bridgehead atoms. The highest BCUT2D eigenvalue weighted by Gasteiger charge is 2.67. The van der Waals surface area contributed by atoms with Crippen molar-refractivity contribution in [2.45, 2.75) is 133 Å². The van der Waals surface area contributed by atoms with Crippen LogP contribution in [-0.4, -0.2) is 95.7 Å². The topological polar surface area (TPSA) is 206 Å². The van der Waals surface area contributed by atoms with E-state index in [1.165, 1.54) is 31.1 Å². The number of unbranched alkanes of at least 4 members (excludes halogenated alkanes) is 1. The zero-order chi connectivity index (χ0) is 43.2. The number of methoxy groups -OCH3 is 1. The highest BCUT2D eigenvalue weighted by atomic mass is 32.2. The lowest BCUT2D eigenvalue weighted by Crippen LogP contribution is -2.60. The molecule has 1 aromatic heterocycles. The number of carbonyl (C=O) groups excluding carboxylic acids is 4. The van der Waals surface area contributed by atoms with Crippen LogP contribution in [0.5, 0.6) is 5.75 Å². The highest BCUT2D eigenvalue weighted by Crippen LogP contribution is 2.49. The minimum atomic E-state index is -4.20. The van der Waals surface area contributed by atoms with E-state index in [9.17, 15) is 41.2 Å². The number of alkyl halides is 4. The summed E-state index contributed by atoms with van der Waals surface area (Å²) in [4.78, 5) is 74.4. The van der Waals surface area contributed by atoms with Gasteiger partial charge in [0.05, 0.1) is 28.8 Å². The molecule has 4 aliphatic rings. The summed E-state index contributed by atoms with van der Waals surface area (Å²) < 4.78 is 95.1. The van der Waals surface area contributed by atoms with Crippen LogP contribution in [0.4, 0.5) is 22.4 Å². The van der Waals surface area contributed by atoms with Crippen molar-refractivity contribution in [1.29, 1.82) is 0 Å². The minimum Gasteiger partial charge on any atom is -0.497 e. The molecule has 0 spiro atoms. The predicted octanol–water partition coefficient (Wildman–Crippen LogP) is 4.49. The van der Waals surface area contributed by atoms with Crippen molar-refractivity contribution >= 4 is 44.9 Å². The number of hydrogen-bond donors (Lipinski definition) is 4. The zero-order valence-corrected chi connectivity index (χ0v) is 34.4. The molecule has 1 aromatic carbocycles. The first-order valence-electron chi connectivity index (χ1n) is 20.1. The Morgan fingerprint density at radius 3 is 2.44 bits per heavy atom. The summed E-state index contributed by atoms with van der Waals surface area (Å²) in [5.41, 5.74) is -3.57. The number of ether oxygens (including phenoxy) is 2. The quantitative estimate of drug-likeness (QED) is 0.122. The number of sulfonamides is 1. The second-order valence-electron chi connectivity index (χ2n) is 17.0. The molecular formula is C39H52F4N6O9S. The standard InChI is InChI=1S/C39H52F4N6O9S/c1-6-21-12-16-49(29(21)32(50)47-38(19-24(38)31(40)41)35(53)48-59(55,56)37(4)14-15-37)34(52)28(20(2)3)46-36(54)58-27-17-22(27)9-7-8-13-39(42,43)30-33(51)45-26-18-23(57-5)10-11-25(26)44-30/h10-11,18,20-22,24,27-29,31H,6-9,12-17,19H2,1-5H3,(H,45,51)(H,46,54)(H,47,50)(H,48,53)/t21-,22-,24+,27?,28+,29+,38-/m1/s1. The molecule has 59 heavy (non-hydrogen) atoms. The van der Waals surface area contributed by atoms with E-state index in [1.54, 1.807) is 26.8 Å². The highest BCUT2D eigenvalue weighted by molar-refractivity contribution is 7.91. The fourth-order valence-electron chi connectivity index (χ4n) is 7.99. The Labute approximate surface area is 339 Å². The van der Waals surface area contributed by atoms with E-state index < -0.39 is 117 Å². The number of aromatic nitrogens is 2. The lowest BCUT2D eigenvalue weighted by atomic mass is 9.95. The van der Waals surface area contributed by atoms with Crippen molar-refractivity contribution < 1.29 is 54.6 Å². The van der Waals surface area contributed by atoms with Gasteiger partial charge in [0.15, 0.2) is 5.69 Å². The lowest BCUT2D eigenvalue weighted by Gasteiger charge is -2.33. The molecule has 20 heteroatoms. The Morgan fingerprint density at radius 2 is 1.83 bits per heavy atom. The van der Waals surface area contributed by atoms with Gasteiger partial charge in [0.1, 0.15) is 29.5 Å². The molecule has 3 saturated carbocycles. The number of benzene rings is 1. The predicted molar refractivity (Wildman–Crippen MR) is 205 cm³/mol. The molecule has 4 N–H and O–H groups in total. The van der Waals surface area contributed by atoms with Gasteiger partial charge in [0.25, 0.3) is 17.4 Å². The average molecular weight is 857 g/mol. The summed E-state index contributed by atoms with van der Waals surface area (Å²) in [7, 11) is -2.76. The number of halogens is 4. The summed E-state index contributed by atoms with van der Waals surface area (Å²) in [6.07, 6.45) is -2.74. The number of likely N-dealkylation sites (tertiary alicyclic amines) is 1. The molecule has 7 atom stereocenters. The Kier molecular flexibility index (Phi) is 12.3. The minimum absolute atomic E-state index is 0.0740. The van der Waals surface area contributed by atoms with Crippen LogP contribution in [-0.2, 0) is 35.1 Å². The van der Waals surface area contributed by atoms with Gasteiger partial charge in [-0.2, -0.15) is 8.78 Å². The van der Waals surface area contributed by atoms with E-state index in [0.717, 1.165) is 0 Å². The fraction of sp³-hybridized carbons (Fsp3) is 0.692.